The molecular weight excluding hydrogens is 307 g/mol. The zero-order chi connectivity index (χ0) is 11.8. The zero-order valence-corrected chi connectivity index (χ0v) is 12.7. The molecule has 0 N–H and O–H groups in total. The average Bonchev–Trinajstić information content (AvgIpc) is 2.28. The Morgan fingerprint density at radius 3 is 2.38 bits per heavy atom. The van der Waals surface area contributed by atoms with Crippen LogP contribution >= 0.6 is 22.6 Å². The number of hydrogen-bond acceptors (Lipinski definition) is 0. The Balaban J connectivity index is 2.19. The summed E-state index contributed by atoms with van der Waals surface area (Å²) in [5.74, 6) is 0. The van der Waals surface area contributed by atoms with Crippen molar-refractivity contribution < 1.29 is 0 Å². The highest BCUT2D eigenvalue weighted by Crippen LogP contribution is 2.15. The van der Waals surface area contributed by atoms with Crippen molar-refractivity contribution in [2.75, 3.05) is 0 Å². The predicted molar refractivity (Wildman–Crippen MR) is 81.0 cm³/mol. The van der Waals surface area contributed by atoms with Crippen LogP contribution in [0.3, 0.4) is 0 Å². The number of aryl methyl sites for hydroxylation is 2. The van der Waals surface area contributed by atoms with Gasteiger partial charge >= 0.3 is 0 Å². The fourth-order valence-corrected chi connectivity index (χ4v) is 2.31. The van der Waals surface area contributed by atoms with E-state index >= 15 is 0 Å². The molecule has 0 saturated carbocycles. The fourth-order valence-electron chi connectivity index (χ4n) is 1.97. The molecule has 90 valence electrons. The van der Waals surface area contributed by atoms with Gasteiger partial charge in [0, 0.05) is 3.57 Å². The maximum Gasteiger partial charge on any atom is 0.0159 e. The maximum atomic E-state index is 2.40. The normalized spacial score (nSPS) is 10.7. The second-order valence-corrected chi connectivity index (χ2v) is 5.76. The summed E-state index contributed by atoms with van der Waals surface area (Å²) in [5.41, 5.74) is 2.93. The lowest BCUT2D eigenvalue weighted by atomic mass is 10.0. The standard InChI is InChI=1S/C15H23I/c1-3-4-5-6-7-8-9-14-10-11-15(16)13(2)12-14/h10-12H,3-9H2,1-2H3. The number of rotatable bonds is 7. The Morgan fingerprint density at radius 1 is 1.00 bits per heavy atom. The molecule has 0 aliphatic rings. The van der Waals surface area contributed by atoms with Gasteiger partial charge in [-0.2, -0.15) is 0 Å². The summed E-state index contributed by atoms with van der Waals surface area (Å²) in [6.07, 6.45) is 9.58. The van der Waals surface area contributed by atoms with Crippen LogP contribution in [0.1, 0.15) is 56.6 Å². The molecule has 0 aliphatic carbocycles. The highest BCUT2D eigenvalue weighted by molar-refractivity contribution is 14.1. The van der Waals surface area contributed by atoms with E-state index in [-0.39, 0.29) is 0 Å². The van der Waals surface area contributed by atoms with Crippen LogP contribution in [0.4, 0.5) is 0 Å². The molecule has 1 aromatic carbocycles. The van der Waals surface area contributed by atoms with Crippen molar-refractivity contribution in [1.29, 1.82) is 0 Å². The molecule has 1 heteroatoms. The molecule has 0 aliphatic heterocycles. The summed E-state index contributed by atoms with van der Waals surface area (Å²) < 4.78 is 1.38. The van der Waals surface area contributed by atoms with Crippen LogP contribution in [0.2, 0.25) is 0 Å². The molecular formula is C15H23I. The molecule has 0 saturated heterocycles. The van der Waals surface area contributed by atoms with Gasteiger partial charge in [0.05, 0.1) is 0 Å². The van der Waals surface area contributed by atoms with Crippen molar-refractivity contribution in [2.45, 2.75) is 58.8 Å². The van der Waals surface area contributed by atoms with Gasteiger partial charge in [0.1, 0.15) is 0 Å². The van der Waals surface area contributed by atoms with Crippen LogP contribution < -0.4 is 0 Å². The van der Waals surface area contributed by atoms with E-state index in [1.807, 2.05) is 0 Å². The van der Waals surface area contributed by atoms with E-state index in [1.165, 1.54) is 59.6 Å². The van der Waals surface area contributed by atoms with Gasteiger partial charge < -0.3 is 0 Å². The van der Waals surface area contributed by atoms with Gasteiger partial charge in [0.2, 0.25) is 0 Å². The highest BCUT2D eigenvalue weighted by Gasteiger charge is 1.97. The largest absolute Gasteiger partial charge is 0.0654 e. The molecule has 0 spiro atoms. The lowest BCUT2D eigenvalue weighted by Crippen LogP contribution is -1.89. The molecule has 0 fully saturated rings. The van der Waals surface area contributed by atoms with Crippen molar-refractivity contribution >= 4 is 22.6 Å². The van der Waals surface area contributed by atoms with Crippen LogP contribution in [0.25, 0.3) is 0 Å². The summed E-state index contributed by atoms with van der Waals surface area (Å²) in [6.45, 7) is 4.47. The van der Waals surface area contributed by atoms with E-state index in [0.717, 1.165) is 0 Å². The molecule has 0 bridgehead atoms. The Kier molecular flexibility index (Phi) is 7.10. The van der Waals surface area contributed by atoms with Gasteiger partial charge in [-0.3, -0.25) is 0 Å². The summed E-state index contributed by atoms with van der Waals surface area (Å²) in [6, 6.07) is 6.86. The van der Waals surface area contributed by atoms with Crippen molar-refractivity contribution in [3.63, 3.8) is 0 Å². The maximum absolute atomic E-state index is 2.40. The molecule has 0 atom stereocenters. The van der Waals surface area contributed by atoms with Crippen LogP contribution in [-0.4, -0.2) is 0 Å². The summed E-state index contributed by atoms with van der Waals surface area (Å²) in [4.78, 5) is 0. The van der Waals surface area contributed by atoms with E-state index in [4.69, 9.17) is 0 Å². The molecule has 0 aromatic heterocycles. The first-order valence-corrected chi connectivity index (χ1v) is 7.57. The Morgan fingerprint density at radius 2 is 1.69 bits per heavy atom. The van der Waals surface area contributed by atoms with E-state index in [1.54, 1.807) is 0 Å². The molecule has 0 heterocycles. The fraction of sp³-hybridized carbons (Fsp3) is 0.600. The Hall–Kier alpha value is -0.0500. The molecule has 1 rings (SSSR count). The van der Waals surface area contributed by atoms with Crippen LogP contribution in [0.15, 0.2) is 18.2 Å². The minimum atomic E-state index is 1.25. The van der Waals surface area contributed by atoms with Gasteiger partial charge in [0.15, 0.2) is 0 Å². The molecule has 1 aromatic rings. The minimum absolute atomic E-state index is 1.25. The molecule has 0 nitrogen and oxygen atoms in total. The molecule has 0 radical (unpaired) electrons. The molecule has 0 unspecified atom stereocenters. The van der Waals surface area contributed by atoms with E-state index in [0.29, 0.717) is 0 Å². The number of halogens is 1. The topological polar surface area (TPSA) is 0 Å². The molecule has 16 heavy (non-hydrogen) atoms. The van der Waals surface area contributed by atoms with Crippen LogP contribution in [0, 0.1) is 10.5 Å². The zero-order valence-electron chi connectivity index (χ0n) is 10.6. The predicted octanol–water partition coefficient (Wildman–Crippen LogP) is 5.50. The summed E-state index contributed by atoms with van der Waals surface area (Å²) >= 11 is 2.40. The van der Waals surface area contributed by atoms with Gasteiger partial charge in [-0.25, -0.2) is 0 Å². The van der Waals surface area contributed by atoms with Crippen molar-refractivity contribution in [2.24, 2.45) is 0 Å². The summed E-state index contributed by atoms with van der Waals surface area (Å²) in [7, 11) is 0. The average molecular weight is 330 g/mol. The van der Waals surface area contributed by atoms with Gasteiger partial charge in [0.25, 0.3) is 0 Å². The first-order valence-electron chi connectivity index (χ1n) is 6.49. The minimum Gasteiger partial charge on any atom is -0.0654 e. The van der Waals surface area contributed by atoms with Crippen molar-refractivity contribution in [3.05, 3.63) is 32.9 Å². The van der Waals surface area contributed by atoms with Gasteiger partial charge in [-0.05, 0) is 59.5 Å². The van der Waals surface area contributed by atoms with Crippen LogP contribution in [-0.2, 0) is 6.42 Å². The van der Waals surface area contributed by atoms with Crippen molar-refractivity contribution in [3.8, 4) is 0 Å². The lowest BCUT2D eigenvalue weighted by Gasteiger charge is -2.04. The van der Waals surface area contributed by atoms with E-state index < -0.39 is 0 Å². The third-order valence-electron chi connectivity index (χ3n) is 3.04. The second-order valence-electron chi connectivity index (χ2n) is 4.60. The Bertz CT molecular complexity index is 304. The smallest absolute Gasteiger partial charge is 0.0159 e. The first-order chi connectivity index (χ1) is 7.74. The number of unbranched alkanes of at least 4 members (excludes halogenated alkanes) is 5. The van der Waals surface area contributed by atoms with E-state index in [9.17, 15) is 0 Å². The SMILES string of the molecule is CCCCCCCCc1ccc(I)c(C)c1. The Labute approximate surface area is 114 Å². The number of benzene rings is 1. The third-order valence-corrected chi connectivity index (χ3v) is 4.25. The number of hydrogen-bond donors (Lipinski definition) is 0. The monoisotopic (exact) mass is 330 g/mol. The quantitative estimate of drug-likeness (QED) is 0.457. The second kappa shape index (κ2) is 8.10. The summed E-state index contributed by atoms with van der Waals surface area (Å²) in [5, 5.41) is 0. The van der Waals surface area contributed by atoms with Crippen LogP contribution in [0.5, 0.6) is 0 Å². The first kappa shape index (κ1) is 14.0. The van der Waals surface area contributed by atoms with E-state index in [2.05, 4.69) is 54.6 Å². The van der Waals surface area contributed by atoms with Gasteiger partial charge in [-0.1, -0.05) is 51.2 Å². The molecule has 0 amide bonds. The highest BCUT2D eigenvalue weighted by atomic mass is 127. The third kappa shape index (κ3) is 5.33. The van der Waals surface area contributed by atoms with Crippen molar-refractivity contribution in [1.82, 2.24) is 0 Å². The van der Waals surface area contributed by atoms with Gasteiger partial charge in [-0.15, -0.1) is 0 Å². The lowest BCUT2D eigenvalue weighted by molar-refractivity contribution is 0.607.